The van der Waals surface area contributed by atoms with E-state index in [1.54, 1.807) is 41.3 Å². The Hall–Kier alpha value is -3.61. The Labute approximate surface area is 222 Å². The Balaban J connectivity index is 1.54. The second-order valence-corrected chi connectivity index (χ2v) is 10.9. The summed E-state index contributed by atoms with van der Waals surface area (Å²) in [7, 11) is -0.679. The zero-order valence-electron chi connectivity index (χ0n) is 21.8. The van der Waals surface area contributed by atoms with Gasteiger partial charge < -0.3 is 24.8 Å². The molecule has 0 saturated carbocycles. The highest BCUT2D eigenvalue weighted by atomic mass is 32.2. The Morgan fingerprint density at radius 3 is 2.32 bits per heavy atom. The molecule has 0 bridgehead atoms. The molecule has 12 heteroatoms. The van der Waals surface area contributed by atoms with E-state index in [2.05, 4.69) is 10.6 Å². The molecule has 2 aromatic rings. The first-order valence-corrected chi connectivity index (χ1v) is 13.9. The van der Waals surface area contributed by atoms with Gasteiger partial charge in [0.15, 0.2) is 24.0 Å². The number of methoxy groups -OCH3 is 2. The van der Waals surface area contributed by atoms with Crippen molar-refractivity contribution in [1.82, 2.24) is 4.90 Å². The highest BCUT2D eigenvalue weighted by Crippen LogP contribution is 2.40. The molecule has 0 radical (unpaired) electrons. The predicted molar refractivity (Wildman–Crippen MR) is 145 cm³/mol. The van der Waals surface area contributed by atoms with Crippen molar-refractivity contribution in [3.8, 4) is 11.5 Å². The molecular formula is C26H32N4O7S. The van der Waals surface area contributed by atoms with Crippen LogP contribution in [0.15, 0.2) is 42.5 Å². The van der Waals surface area contributed by atoms with Crippen molar-refractivity contribution in [2.75, 3.05) is 61.7 Å². The van der Waals surface area contributed by atoms with E-state index in [0.717, 1.165) is 10.6 Å². The lowest BCUT2D eigenvalue weighted by molar-refractivity contribution is -0.113. The van der Waals surface area contributed by atoms with Crippen molar-refractivity contribution >= 4 is 44.9 Å². The van der Waals surface area contributed by atoms with Gasteiger partial charge in [0.2, 0.25) is 10.0 Å². The summed E-state index contributed by atoms with van der Waals surface area (Å²) in [5, 5.41) is 6.15. The number of rotatable bonds is 10. The summed E-state index contributed by atoms with van der Waals surface area (Å²) in [6.07, 6.45) is 2.57. The minimum absolute atomic E-state index is 0.230. The zero-order chi connectivity index (χ0) is 27.4. The first-order valence-electron chi connectivity index (χ1n) is 12.1. The molecule has 2 aromatic carbocycles. The molecular weight excluding hydrogens is 512 g/mol. The second kappa shape index (κ2) is 11.4. The number of carbonyl (C=O) groups excluding carboxylic acids is 2. The molecule has 0 spiro atoms. The second-order valence-electron chi connectivity index (χ2n) is 9.02. The normalized spacial score (nSPS) is 18.3. The standard InChI is InChI=1S/C26H32N4O7S/c1-17(13-21-20-14-23(35-2)24(36-3)15-22(20)28-26(21)32)27-18-5-7-19(8-6-18)30(38(4,33)34)25(16-31)29-9-11-37-12-10-29/h5-8,13-17,25,27H,9-12H2,1-4H3,(H,28,32). The minimum Gasteiger partial charge on any atom is -0.493 e. The summed E-state index contributed by atoms with van der Waals surface area (Å²) in [6, 6.07) is 10.0. The maximum absolute atomic E-state index is 12.7. The number of hydrogen-bond acceptors (Lipinski definition) is 9. The molecule has 2 aliphatic rings. The molecule has 2 N–H and O–H groups in total. The van der Waals surface area contributed by atoms with E-state index < -0.39 is 16.2 Å². The number of carbonyl (C=O) groups is 2. The number of nitrogens with zero attached hydrogens (tertiary/aromatic N) is 2. The number of fused-ring (bicyclic) bond motifs is 1. The van der Waals surface area contributed by atoms with Gasteiger partial charge in [-0.3, -0.25) is 14.5 Å². The predicted octanol–water partition coefficient (Wildman–Crippen LogP) is 2.16. The van der Waals surface area contributed by atoms with Crippen LogP contribution in [0.5, 0.6) is 11.5 Å². The zero-order valence-corrected chi connectivity index (χ0v) is 22.6. The fraction of sp³-hybridized carbons (Fsp3) is 0.385. The van der Waals surface area contributed by atoms with Crippen molar-refractivity contribution in [1.29, 1.82) is 0 Å². The van der Waals surface area contributed by atoms with E-state index in [9.17, 15) is 18.0 Å². The fourth-order valence-electron chi connectivity index (χ4n) is 4.61. The Morgan fingerprint density at radius 2 is 1.74 bits per heavy atom. The quantitative estimate of drug-likeness (QED) is 0.342. The smallest absolute Gasteiger partial charge is 0.256 e. The summed E-state index contributed by atoms with van der Waals surface area (Å²) in [5.74, 6) is 0.810. The molecule has 2 heterocycles. The third kappa shape index (κ3) is 5.77. The maximum atomic E-state index is 12.7. The summed E-state index contributed by atoms with van der Waals surface area (Å²) < 4.78 is 42.5. The van der Waals surface area contributed by atoms with Crippen LogP contribution < -0.4 is 24.4 Å². The molecule has 11 nitrogen and oxygen atoms in total. The SMILES string of the molecule is COc1cc2c(cc1OC)C(=CC(C)Nc1ccc(N(C(C=O)N3CCOCC3)S(C)(=O)=O)cc1)C(=O)N2. The molecule has 204 valence electrons. The number of aldehydes is 1. The number of nitrogens with one attached hydrogen (secondary N) is 2. The number of benzene rings is 2. The van der Waals surface area contributed by atoms with Gasteiger partial charge >= 0.3 is 0 Å². The number of amides is 1. The van der Waals surface area contributed by atoms with Crippen LogP contribution in [0.25, 0.3) is 5.57 Å². The molecule has 38 heavy (non-hydrogen) atoms. The van der Waals surface area contributed by atoms with E-state index in [4.69, 9.17) is 14.2 Å². The molecule has 0 aromatic heterocycles. The van der Waals surface area contributed by atoms with Crippen LogP contribution in [0, 0.1) is 0 Å². The summed E-state index contributed by atoms with van der Waals surface area (Å²) in [6.45, 7) is 3.67. The van der Waals surface area contributed by atoms with E-state index >= 15 is 0 Å². The average Bonchev–Trinajstić information content (AvgIpc) is 3.20. The Kier molecular flexibility index (Phi) is 8.24. The van der Waals surface area contributed by atoms with E-state index in [1.165, 1.54) is 14.2 Å². The van der Waals surface area contributed by atoms with Gasteiger partial charge in [0, 0.05) is 42.0 Å². The fourth-order valence-corrected chi connectivity index (χ4v) is 5.69. The van der Waals surface area contributed by atoms with Gasteiger partial charge in [-0.1, -0.05) is 0 Å². The molecule has 1 amide bonds. The van der Waals surface area contributed by atoms with Gasteiger partial charge in [-0.25, -0.2) is 12.7 Å². The average molecular weight is 545 g/mol. The van der Waals surface area contributed by atoms with Crippen molar-refractivity contribution < 1.29 is 32.2 Å². The molecule has 1 fully saturated rings. The first-order chi connectivity index (χ1) is 18.2. The number of sulfonamides is 1. The van der Waals surface area contributed by atoms with Crippen LogP contribution in [0.4, 0.5) is 17.1 Å². The molecule has 2 aliphatic heterocycles. The third-order valence-electron chi connectivity index (χ3n) is 6.38. The molecule has 1 saturated heterocycles. The van der Waals surface area contributed by atoms with Crippen LogP contribution in [0.2, 0.25) is 0 Å². The number of ether oxygens (including phenoxy) is 3. The van der Waals surface area contributed by atoms with Crippen LogP contribution in [0.1, 0.15) is 12.5 Å². The first kappa shape index (κ1) is 27.4. The largest absolute Gasteiger partial charge is 0.493 e. The van der Waals surface area contributed by atoms with E-state index in [1.807, 2.05) is 13.0 Å². The molecule has 2 atom stereocenters. The van der Waals surface area contributed by atoms with Crippen molar-refractivity contribution in [2.45, 2.75) is 19.1 Å². The van der Waals surface area contributed by atoms with Gasteiger partial charge in [0.05, 0.1) is 45.1 Å². The Bertz CT molecular complexity index is 1320. The summed E-state index contributed by atoms with van der Waals surface area (Å²) in [4.78, 5) is 26.4. The number of anilines is 3. The summed E-state index contributed by atoms with van der Waals surface area (Å²) in [5.41, 5.74) is 2.94. The highest BCUT2D eigenvalue weighted by molar-refractivity contribution is 7.92. The van der Waals surface area contributed by atoms with Crippen LogP contribution in [-0.4, -0.2) is 84.5 Å². The van der Waals surface area contributed by atoms with Crippen molar-refractivity contribution in [3.63, 3.8) is 0 Å². The monoisotopic (exact) mass is 544 g/mol. The molecule has 0 aliphatic carbocycles. The molecule has 4 rings (SSSR count). The van der Waals surface area contributed by atoms with Gasteiger partial charge in [-0.15, -0.1) is 0 Å². The van der Waals surface area contributed by atoms with E-state index in [0.29, 0.717) is 72.3 Å². The van der Waals surface area contributed by atoms with Crippen LogP contribution in [-0.2, 0) is 24.3 Å². The topological polar surface area (TPSA) is 127 Å². The maximum Gasteiger partial charge on any atom is 0.256 e. The number of hydrogen-bond donors (Lipinski definition) is 2. The lowest BCUT2D eigenvalue weighted by Crippen LogP contribution is -2.55. The van der Waals surface area contributed by atoms with Crippen LogP contribution in [0.3, 0.4) is 0 Å². The van der Waals surface area contributed by atoms with Gasteiger partial charge in [-0.05, 0) is 43.3 Å². The van der Waals surface area contributed by atoms with E-state index in [-0.39, 0.29) is 11.9 Å². The van der Waals surface area contributed by atoms with Crippen molar-refractivity contribution in [2.24, 2.45) is 0 Å². The van der Waals surface area contributed by atoms with Crippen molar-refractivity contribution in [3.05, 3.63) is 48.0 Å². The number of morpholine rings is 1. The van der Waals surface area contributed by atoms with Gasteiger partial charge in [0.1, 0.15) is 0 Å². The van der Waals surface area contributed by atoms with Crippen LogP contribution >= 0.6 is 0 Å². The molecule has 2 unspecified atom stereocenters. The van der Waals surface area contributed by atoms with Gasteiger partial charge in [0.25, 0.3) is 5.91 Å². The lowest BCUT2D eigenvalue weighted by Gasteiger charge is -2.38. The van der Waals surface area contributed by atoms with Gasteiger partial charge in [-0.2, -0.15) is 0 Å². The lowest BCUT2D eigenvalue weighted by atomic mass is 10.0. The summed E-state index contributed by atoms with van der Waals surface area (Å²) >= 11 is 0. The minimum atomic E-state index is -3.75. The third-order valence-corrected chi connectivity index (χ3v) is 7.52. The Morgan fingerprint density at radius 1 is 1.11 bits per heavy atom. The highest BCUT2D eigenvalue weighted by Gasteiger charge is 2.33.